The van der Waals surface area contributed by atoms with Crippen LogP contribution in [0.3, 0.4) is 0 Å². The fourth-order valence-corrected chi connectivity index (χ4v) is 3.46. The van der Waals surface area contributed by atoms with Gasteiger partial charge in [0.15, 0.2) is 5.82 Å². The van der Waals surface area contributed by atoms with Gasteiger partial charge in [0.2, 0.25) is 0 Å². The number of rotatable bonds is 5. The van der Waals surface area contributed by atoms with Gasteiger partial charge in [0.1, 0.15) is 12.1 Å². The Morgan fingerprint density at radius 2 is 2.15 bits per heavy atom. The number of furan rings is 1. The Hall–Kier alpha value is -2.93. The third kappa shape index (κ3) is 3.13. The van der Waals surface area contributed by atoms with Gasteiger partial charge >= 0.3 is 0 Å². The Morgan fingerprint density at radius 1 is 1.31 bits per heavy atom. The Labute approximate surface area is 151 Å². The first-order valence-corrected chi connectivity index (χ1v) is 8.54. The zero-order valence-corrected chi connectivity index (χ0v) is 14.5. The molecule has 3 heterocycles. The standard InChI is InChI=1S/C19H20N4O3/c1-25-11-15-9-23(19(24)14-7-8-26-12-14)10-16(15)18-20-17(21-22-18)13-5-3-2-4-6-13/h2-8,12,15-16H,9-11H2,1H3,(H,20,21,22)/t15-,16+/m0/s1. The average molecular weight is 352 g/mol. The van der Waals surface area contributed by atoms with Gasteiger partial charge in [0.05, 0.1) is 18.4 Å². The molecule has 0 bridgehead atoms. The fourth-order valence-electron chi connectivity index (χ4n) is 3.46. The van der Waals surface area contributed by atoms with E-state index in [1.807, 2.05) is 35.2 Å². The van der Waals surface area contributed by atoms with E-state index in [0.29, 0.717) is 31.1 Å². The number of likely N-dealkylation sites (tertiary alicyclic amines) is 1. The number of hydrogen-bond donors (Lipinski definition) is 1. The van der Waals surface area contributed by atoms with Crippen molar-refractivity contribution in [3.8, 4) is 11.4 Å². The van der Waals surface area contributed by atoms with E-state index in [9.17, 15) is 4.79 Å². The molecule has 1 aromatic carbocycles. The summed E-state index contributed by atoms with van der Waals surface area (Å²) in [5.41, 5.74) is 1.52. The second kappa shape index (κ2) is 7.13. The van der Waals surface area contributed by atoms with E-state index >= 15 is 0 Å². The van der Waals surface area contributed by atoms with E-state index in [2.05, 4.69) is 15.2 Å². The first-order valence-electron chi connectivity index (χ1n) is 8.54. The van der Waals surface area contributed by atoms with Crippen molar-refractivity contribution in [2.24, 2.45) is 5.92 Å². The van der Waals surface area contributed by atoms with Gasteiger partial charge in [-0.2, -0.15) is 5.10 Å². The zero-order chi connectivity index (χ0) is 17.9. The average Bonchev–Trinajstić information content (AvgIpc) is 3.42. The maximum atomic E-state index is 12.6. The van der Waals surface area contributed by atoms with Gasteiger partial charge in [0, 0.05) is 37.6 Å². The Balaban J connectivity index is 1.56. The quantitative estimate of drug-likeness (QED) is 0.763. The van der Waals surface area contributed by atoms with E-state index < -0.39 is 0 Å². The van der Waals surface area contributed by atoms with Gasteiger partial charge in [-0.3, -0.25) is 9.89 Å². The monoisotopic (exact) mass is 352 g/mol. The van der Waals surface area contributed by atoms with Crippen molar-refractivity contribution < 1.29 is 13.9 Å². The van der Waals surface area contributed by atoms with E-state index in [-0.39, 0.29) is 17.7 Å². The van der Waals surface area contributed by atoms with Crippen LogP contribution in [0.2, 0.25) is 0 Å². The number of amides is 1. The fraction of sp³-hybridized carbons (Fsp3) is 0.316. The summed E-state index contributed by atoms with van der Waals surface area (Å²) in [4.78, 5) is 19.1. The third-order valence-electron chi connectivity index (χ3n) is 4.76. The molecule has 7 nitrogen and oxygen atoms in total. The first kappa shape index (κ1) is 16.5. The van der Waals surface area contributed by atoms with Gasteiger partial charge in [-0.05, 0) is 6.07 Å². The minimum absolute atomic E-state index is 0.0369. The highest BCUT2D eigenvalue weighted by molar-refractivity contribution is 5.94. The van der Waals surface area contributed by atoms with Crippen molar-refractivity contribution in [1.29, 1.82) is 0 Å². The smallest absolute Gasteiger partial charge is 0.257 e. The van der Waals surface area contributed by atoms with E-state index in [0.717, 1.165) is 11.4 Å². The molecule has 1 N–H and O–H groups in total. The summed E-state index contributed by atoms with van der Waals surface area (Å²) in [6.07, 6.45) is 2.99. The lowest BCUT2D eigenvalue weighted by Crippen LogP contribution is -2.29. The topological polar surface area (TPSA) is 84.2 Å². The van der Waals surface area contributed by atoms with Crippen molar-refractivity contribution in [3.63, 3.8) is 0 Å². The van der Waals surface area contributed by atoms with Gasteiger partial charge in [0.25, 0.3) is 5.91 Å². The molecule has 26 heavy (non-hydrogen) atoms. The molecule has 3 aromatic rings. The van der Waals surface area contributed by atoms with Crippen LogP contribution in [0.25, 0.3) is 11.4 Å². The summed E-state index contributed by atoms with van der Waals surface area (Å²) < 4.78 is 10.4. The zero-order valence-electron chi connectivity index (χ0n) is 14.5. The van der Waals surface area contributed by atoms with Crippen LogP contribution in [0, 0.1) is 5.92 Å². The van der Waals surface area contributed by atoms with Crippen molar-refractivity contribution in [2.75, 3.05) is 26.8 Å². The highest BCUT2D eigenvalue weighted by atomic mass is 16.5. The van der Waals surface area contributed by atoms with Crippen LogP contribution >= 0.6 is 0 Å². The number of H-pyrrole nitrogens is 1. The largest absolute Gasteiger partial charge is 0.472 e. The number of aromatic amines is 1. The molecule has 1 fully saturated rings. The van der Waals surface area contributed by atoms with E-state index in [4.69, 9.17) is 9.15 Å². The van der Waals surface area contributed by atoms with Crippen molar-refractivity contribution >= 4 is 5.91 Å². The molecule has 134 valence electrons. The van der Waals surface area contributed by atoms with Crippen LogP contribution in [0.4, 0.5) is 0 Å². The normalized spacial score (nSPS) is 19.8. The van der Waals surface area contributed by atoms with Crippen LogP contribution in [-0.4, -0.2) is 52.8 Å². The number of benzene rings is 1. The first-order chi connectivity index (χ1) is 12.8. The number of nitrogens with zero attached hydrogens (tertiary/aromatic N) is 3. The van der Waals surface area contributed by atoms with Crippen LogP contribution in [-0.2, 0) is 4.74 Å². The summed E-state index contributed by atoms with van der Waals surface area (Å²) in [6.45, 7) is 1.74. The predicted molar refractivity (Wildman–Crippen MR) is 94.5 cm³/mol. The maximum absolute atomic E-state index is 12.6. The molecule has 4 rings (SSSR count). The summed E-state index contributed by atoms with van der Waals surface area (Å²) >= 11 is 0. The lowest BCUT2D eigenvalue weighted by atomic mass is 9.96. The number of methoxy groups -OCH3 is 1. The molecule has 0 spiro atoms. The van der Waals surface area contributed by atoms with Crippen LogP contribution < -0.4 is 0 Å². The van der Waals surface area contributed by atoms with Crippen LogP contribution in [0.5, 0.6) is 0 Å². The molecule has 0 aliphatic carbocycles. The highest BCUT2D eigenvalue weighted by Crippen LogP contribution is 2.32. The summed E-state index contributed by atoms with van der Waals surface area (Å²) in [7, 11) is 1.67. The molecule has 0 unspecified atom stereocenters. The van der Waals surface area contributed by atoms with Crippen molar-refractivity contribution in [3.05, 3.63) is 60.3 Å². The molecule has 1 amide bonds. The summed E-state index contributed by atoms with van der Waals surface area (Å²) in [5.74, 6) is 1.62. The SMILES string of the molecule is COC[C@@H]1CN(C(=O)c2ccoc2)C[C@H]1c1nc(-c2ccccc2)n[nH]1. The van der Waals surface area contributed by atoms with Crippen LogP contribution in [0.1, 0.15) is 22.1 Å². The Bertz CT molecular complexity index is 860. The molecular weight excluding hydrogens is 332 g/mol. The minimum atomic E-state index is -0.0369. The molecule has 1 aliphatic rings. The lowest BCUT2D eigenvalue weighted by molar-refractivity contribution is 0.0774. The summed E-state index contributed by atoms with van der Waals surface area (Å²) in [6, 6.07) is 11.5. The molecule has 1 aliphatic heterocycles. The molecular formula is C19H20N4O3. The molecule has 2 atom stereocenters. The van der Waals surface area contributed by atoms with Crippen LogP contribution in [0.15, 0.2) is 53.3 Å². The van der Waals surface area contributed by atoms with Crippen molar-refractivity contribution in [2.45, 2.75) is 5.92 Å². The van der Waals surface area contributed by atoms with Crippen molar-refractivity contribution in [1.82, 2.24) is 20.1 Å². The van der Waals surface area contributed by atoms with Gasteiger partial charge in [-0.1, -0.05) is 30.3 Å². The second-order valence-corrected chi connectivity index (χ2v) is 6.45. The van der Waals surface area contributed by atoms with Gasteiger partial charge < -0.3 is 14.1 Å². The van der Waals surface area contributed by atoms with Gasteiger partial charge in [-0.25, -0.2) is 4.98 Å². The number of ether oxygens (including phenoxy) is 1. The second-order valence-electron chi connectivity index (χ2n) is 6.45. The molecule has 1 saturated heterocycles. The van der Waals surface area contributed by atoms with E-state index in [1.165, 1.54) is 12.5 Å². The summed E-state index contributed by atoms with van der Waals surface area (Å²) in [5, 5.41) is 7.41. The predicted octanol–water partition coefficient (Wildman–Crippen LogP) is 2.57. The molecule has 0 saturated carbocycles. The van der Waals surface area contributed by atoms with E-state index in [1.54, 1.807) is 13.2 Å². The maximum Gasteiger partial charge on any atom is 0.257 e. The Morgan fingerprint density at radius 3 is 2.88 bits per heavy atom. The molecule has 7 heteroatoms. The molecule has 0 radical (unpaired) electrons. The lowest BCUT2D eigenvalue weighted by Gasteiger charge is -2.14. The number of carbonyl (C=O) groups excluding carboxylic acids is 1. The third-order valence-corrected chi connectivity index (χ3v) is 4.76. The van der Waals surface area contributed by atoms with Gasteiger partial charge in [-0.15, -0.1) is 0 Å². The number of nitrogens with one attached hydrogen (secondary N) is 1. The highest BCUT2D eigenvalue weighted by Gasteiger charge is 2.38. The minimum Gasteiger partial charge on any atom is -0.472 e. The Kier molecular flexibility index (Phi) is 4.53. The molecule has 2 aromatic heterocycles. The number of aromatic nitrogens is 3. The number of hydrogen-bond acceptors (Lipinski definition) is 5. The number of carbonyl (C=O) groups is 1.